The fourth-order valence-corrected chi connectivity index (χ4v) is 4.79. The lowest BCUT2D eigenvalue weighted by Crippen LogP contribution is -2.51. The Morgan fingerprint density at radius 3 is 2.38 bits per heavy atom. The zero-order chi connectivity index (χ0) is 24.7. The van der Waals surface area contributed by atoms with Crippen LogP contribution in [-0.4, -0.2) is 35.4 Å². The standard InChI is InChI=1S/C27H34BrClN2O3/c1-18(2)21-11-14-25(24(28)15-21)34-17-26(32)31(16-20-9-12-22(29)13-10-20)19(3)27(33)30-23-7-5-4-6-8-23/h9-15,18-19,23H,4-8,16-17H2,1-3H3,(H,30,33)/t19-/m0/s1. The third kappa shape index (κ3) is 7.47. The molecule has 0 heterocycles. The molecule has 2 aromatic rings. The van der Waals surface area contributed by atoms with Crippen molar-refractivity contribution in [1.82, 2.24) is 10.2 Å². The van der Waals surface area contributed by atoms with Crippen molar-refractivity contribution in [3.05, 3.63) is 63.1 Å². The molecule has 1 saturated carbocycles. The van der Waals surface area contributed by atoms with E-state index in [2.05, 4.69) is 35.1 Å². The van der Waals surface area contributed by atoms with Crippen LogP contribution in [0.25, 0.3) is 0 Å². The number of nitrogens with one attached hydrogen (secondary N) is 1. The molecular formula is C27H34BrClN2O3. The first-order chi connectivity index (χ1) is 16.2. The minimum Gasteiger partial charge on any atom is -0.483 e. The summed E-state index contributed by atoms with van der Waals surface area (Å²) in [5.41, 5.74) is 2.08. The van der Waals surface area contributed by atoms with E-state index < -0.39 is 6.04 Å². The van der Waals surface area contributed by atoms with Crippen LogP contribution in [0.4, 0.5) is 0 Å². The molecule has 1 N–H and O–H groups in total. The maximum atomic E-state index is 13.3. The topological polar surface area (TPSA) is 58.6 Å². The Balaban J connectivity index is 1.71. The molecule has 0 unspecified atom stereocenters. The largest absolute Gasteiger partial charge is 0.483 e. The van der Waals surface area contributed by atoms with Gasteiger partial charge in [-0.2, -0.15) is 0 Å². The van der Waals surface area contributed by atoms with Crippen molar-refractivity contribution in [2.45, 2.75) is 77.4 Å². The molecule has 2 amide bonds. The molecule has 184 valence electrons. The summed E-state index contributed by atoms with van der Waals surface area (Å²) in [4.78, 5) is 27.9. The van der Waals surface area contributed by atoms with E-state index in [1.54, 1.807) is 24.0 Å². The Morgan fingerprint density at radius 2 is 1.76 bits per heavy atom. The molecule has 0 bridgehead atoms. The van der Waals surface area contributed by atoms with E-state index in [9.17, 15) is 9.59 Å². The number of amides is 2. The molecular weight excluding hydrogens is 516 g/mol. The Bertz CT molecular complexity index is 974. The summed E-state index contributed by atoms with van der Waals surface area (Å²) in [6.45, 7) is 6.17. The lowest BCUT2D eigenvalue weighted by atomic mass is 9.95. The van der Waals surface area contributed by atoms with Gasteiger partial charge in [-0.25, -0.2) is 0 Å². The van der Waals surface area contributed by atoms with Crippen LogP contribution in [0.15, 0.2) is 46.9 Å². The number of hydrogen-bond donors (Lipinski definition) is 1. The van der Waals surface area contributed by atoms with Crippen LogP contribution in [-0.2, 0) is 16.1 Å². The molecule has 2 aromatic carbocycles. The van der Waals surface area contributed by atoms with Crippen LogP contribution in [0.1, 0.15) is 69.9 Å². The van der Waals surface area contributed by atoms with Crippen molar-refractivity contribution < 1.29 is 14.3 Å². The van der Waals surface area contributed by atoms with Crippen molar-refractivity contribution in [3.63, 3.8) is 0 Å². The van der Waals surface area contributed by atoms with E-state index in [0.29, 0.717) is 23.2 Å². The van der Waals surface area contributed by atoms with Gasteiger partial charge in [-0.15, -0.1) is 0 Å². The summed E-state index contributed by atoms with van der Waals surface area (Å²) >= 11 is 9.57. The van der Waals surface area contributed by atoms with Crippen molar-refractivity contribution in [2.24, 2.45) is 0 Å². The molecule has 3 rings (SSSR count). The van der Waals surface area contributed by atoms with Crippen LogP contribution in [0.5, 0.6) is 5.75 Å². The maximum Gasteiger partial charge on any atom is 0.261 e. The first kappa shape index (κ1) is 26.6. The average molecular weight is 550 g/mol. The minimum atomic E-state index is -0.625. The number of nitrogens with zero attached hydrogens (tertiary/aromatic N) is 1. The van der Waals surface area contributed by atoms with Gasteiger partial charge >= 0.3 is 0 Å². The third-order valence-corrected chi connectivity index (χ3v) is 7.23. The van der Waals surface area contributed by atoms with E-state index >= 15 is 0 Å². The number of halogens is 2. The Kier molecular flexibility index (Phi) is 9.84. The van der Waals surface area contributed by atoms with Gasteiger partial charge in [-0.1, -0.05) is 62.9 Å². The average Bonchev–Trinajstić information content (AvgIpc) is 2.82. The first-order valence-corrected chi connectivity index (χ1v) is 13.2. The molecule has 5 nitrogen and oxygen atoms in total. The van der Waals surface area contributed by atoms with Gasteiger partial charge in [0.15, 0.2) is 6.61 Å². The molecule has 1 aliphatic rings. The monoisotopic (exact) mass is 548 g/mol. The van der Waals surface area contributed by atoms with Gasteiger partial charge in [0.25, 0.3) is 5.91 Å². The highest BCUT2D eigenvalue weighted by Gasteiger charge is 2.28. The minimum absolute atomic E-state index is 0.128. The second-order valence-electron chi connectivity index (χ2n) is 9.30. The predicted octanol–water partition coefficient (Wildman–Crippen LogP) is 6.47. The smallest absolute Gasteiger partial charge is 0.261 e. The van der Waals surface area contributed by atoms with Gasteiger partial charge in [0, 0.05) is 17.6 Å². The predicted molar refractivity (Wildman–Crippen MR) is 140 cm³/mol. The zero-order valence-electron chi connectivity index (χ0n) is 20.2. The van der Waals surface area contributed by atoms with Gasteiger partial charge in [0.2, 0.25) is 5.91 Å². The highest BCUT2D eigenvalue weighted by molar-refractivity contribution is 9.10. The van der Waals surface area contributed by atoms with Gasteiger partial charge in [0.05, 0.1) is 4.47 Å². The van der Waals surface area contributed by atoms with Gasteiger partial charge in [-0.05, 0) is 77.0 Å². The number of carbonyl (C=O) groups is 2. The van der Waals surface area contributed by atoms with E-state index in [-0.39, 0.29) is 24.5 Å². The maximum absolute atomic E-state index is 13.3. The van der Waals surface area contributed by atoms with E-state index in [4.69, 9.17) is 16.3 Å². The van der Waals surface area contributed by atoms with Crippen LogP contribution in [0.3, 0.4) is 0 Å². The number of ether oxygens (including phenoxy) is 1. The molecule has 1 atom stereocenters. The molecule has 34 heavy (non-hydrogen) atoms. The van der Waals surface area contributed by atoms with E-state index in [1.165, 1.54) is 12.0 Å². The zero-order valence-corrected chi connectivity index (χ0v) is 22.5. The van der Waals surface area contributed by atoms with Crippen LogP contribution in [0.2, 0.25) is 5.02 Å². The molecule has 0 radical (unpaired) electrons. The number of carbonyl (C=O) groups excluding carboxylic acids is 2. The van der Waals surface area contributed by atoms with E-state index in [0.717, 1.165) is 35.7 Å². The van der Waals surface area contributed by atoms with Crippen molar-refractivity contribution >= 4 is 39.3 Å². The van der Waals surface area contributed by atoms with Crippen molar-refractivity contribution in [3.8, 4) is 5.75 Å². The molecule has 0 aliphatic heterocycles. The van der Waals surface area contributed by atoms with Crippen molar-refractivity contribution in [2.75, 3.05) is 6.61 Å². The van der Waals surface area contributed by atoms with Gasteiger partial charge < -0.3 is 15.0 Å². The fraction of sp³-hybridized carbons (Fsp3) is 0.481. The fourth-order valence-electron chi connectivity index (χ4n) is 4.15. The SMILES string of the molecule is CC(C)c1ccc(OCC(=O)N(Cc2ccc(Cl)cc2)[C@@H](C)C(=O)NC2CCCCC2)c(Br)c1. The second-order valence-corrected chi connectivity index (χ2v) is 10.6. The lowest BCUT2D eigenvalue weighted by Gasteiger charge is -2.31. The Hall–Kier alpha value is -2.05. The molecule has 1 aliphatic carbocycles. The van der Waals surface area contributed by atoms with Gasteiger partial charge in [0.1, 0.15) is 11.8 Å². The van der Waals surface area contributed by atoms with E-state index in [1.807, 2.05) is 30.3 Å². The molecule has 0 saturated heterocycles. The van der Waals surface area contributed by atoms with Crippen LogP contribution < -0.4 is 10.1 Å². The molecule has 0 spiro atoms. The van der Waals surface area contributed by atoms with Crippen molar-refractivity contribution in [1.29, 1.82) is 0 Å². The quantitative estimate of drug-likeness (QED) is 0.390. The summed E-state index contributed by atoms with van der Waals surface area (Å²) < 4.78 is 6.66. The van der Waals surface area contributed by atoms with Crippen LogP contribution >= 0.6 is 27.5 Å². The molecule has 0 aromatic heterocycles. The number of rotatable bonds is 9. The molecule has 7 heteroatoms. The first-order valence-electron chi connectivity index (χ1n) is 12.0. The highest BCUT2D eigenvalue weighted by atomic mass is 79.9. The number of hydrogen-bond acceptors (Lipinski definition) is 3. The summed E-state index contributed by atoms with van der Waals surface area (Å²) in [6, 6.07) is 12.8. The highest BCUT2D eigenvalue weighted by Crippen LogP contribution is 2.29. The number of benzene rings is 2. The second kappa shape index (κ2) is 12.6. The Morgan fingerprint density at radius 1 is 1.09 bits per heavy atom. The molecule has 1 fully saturated rings. The van der Waals surface area contributed by atoms with Crippen LogP contribution in [0, 0.1) is 0 Å². The summed E-state index contributed by atoms with van der Waals surface area (Å²) in [7, 11) is 0. The normalized spacial score (nSPS) is 15.1. The summed E-state index contributed by atoms with van der Waals surface area (Å²) in [5.74, 6) is 0.617. The third-order valence-electron chi connectivity index (χ3n) is 6.36. The van der Waals surface area contributed by atoms with Gasteiger partial charge in [-0.3, -0.25) is 9.59 Å². The summed E-state index contributed by atoms with van der Waals surface area (Å²) in [6.07, 6.45) is 5.46. The summed E-state index contributed by atoms with van der Waals surface area (Å²) in [5, 5.41) is 3.77. The Labute approximate surface area is 216 Å². The lowest BCUT2D eigenvalue weighted by molar-refractivity contribution is -0.142.